The zero-order valence-electron chi connectivity index (χ0n) is 19.8. The molecular weight excluding hydrogens is 505 g/mol. The Morgan fingerprint density at radius 2 is 1.89 bits per heavy atom. The lowest BCUT2D eigenvalue weighted by Gasteiger charge is -2.23. The summed E-state index contributed by atoms with van der Waals surface area (Å²) >= 11 is 6.70. The van der Waals surface area contributed by atoms with E-state index in [2.05, 4.69) is 5.32 Å². The standard InChI is InChI=1S/C26H23ClFN3O6/c1-13(32)37-20-5-3-2-4-16(20)25(34)29-14-8-9-30(11-14)23-19(28)10-17-22(21(23)27)31(15-6-7-15)12-18(24(17)33)26(35)36/h2-5,10,12,14-15H,6-9,11H2,1H3,(H,29,34)(H,35,36). The van der Waals surface area contributed by atoms with Crippen molar-refractivity contribution in [3.05, 3.63) is 68.7 Å². The fraction of sp³-hybridized carbons (Fsp3) is 0.308. The van der Waals surface area contributed by atoms with Gasteiger partial charge in [0.05, 0.1) is 27.2 Å². The highest BCUT2D eigenvalue weighted by atomic mass is 35.5. The van der Waals surface area contributed by atoms with Crippen LogP contribution < -0.4 is 20.4 Å². The molecule has 1 amide bonds. The number of anilines is 1. The normalized spacial score (nSPS) is 17.2. The van der Waals surface area contributed by atoms with Crippen LogP contribution in [0, 0.1) is 5.82 Å². The number of aromatic carboxylic acids is 1. The van der Waals surface area contributed by atoms with Crippen LogP contribution >= 0.6 is 11.6 Å². The number of esters is 1. The molecule has 0 spiro atoms. The zero-order valence-corrected chi connectivity index (χ0v) is 20.5. The summed E-state index contributed by atoms with van der Waals surface area (Å²) in [7, 11) is 0. The monoisotopic (exact) mass is 527 g/mol. The SMILES string of the molecule is CC(=O)Oc1ccccc1C(=O)NC1CCN(c2c(F)cc3c(=O)c(C(=O)O)cn(C4CC4)c3c2Cl)C1. The first kappa shape index (κ1) is 24.8. The molecule has 1 atom stereocenters. The Morgan fingerprint density at radius 1 is 1.16 bits per heavy atom. The molecular formula is C26H23ClFN3O6. The van der Waals surface area contributed by atoms with E-state index in [-0.39, 0.29) is 46.0 Å². The highest BCUT2D eigenvalue weighted by molar-refractivity contribution is 6.38. The van der Waals surface area contributed by atoms with Gasteiger partial charge in [-0.05, 0) is 37.5 Å². The molecule has 2 aromatic carbocycles. The molecule has 0 radical (unpaired) electrons. The molecule has 0 bridgehead atoms. The van der Waals surface area contributed by atoms with E-state index in [9.17, 15) is 24.3 Å². The second-order valence-electron chi connectivity index (χ2n) is 9.23. The van der Waals surface area contributed by atoms with E-state index >= 15 is 4.39 Å². The van der Waals surface area contributed by atoms with E-state index in [1.807, 2.05) is 0 Å². The molecule has 2 aliphatic rings. The lowest BCUT2D eigenvalue weighted by Crippen LogP contribution is -2.37. The lowest BCUT2D eigenvalue weighted by atomic mass is 10.1. The maximum absolute atomic E-state index is 15.4. The number of ether oxygens (including phenoxy) is 1. The fourth-order valence-electron chi connectivity index (χ4n) is 4.76. The van der Waals surface area contributed by atoms with Crippen molar-refractivity contribution in [1.82, 2.24) is 9.88 Å². The van der Waals surface area contributed by atoms with E-state index in [4.69, 9.17) is 16.3 Å². The molecule has 9 nitrogen and oxygen atoms in total. The molecule has 3 aromatic rings. The van der Waals surface area contributed by atoms with E-state index < -0.39 is 34.7 Å². The summed E-state index contributed by atoms with van der Waals surface area (Å²) in [5.74, 6) is -2.96. The summed E-state index contributed by atoms with van der Waals surface area (Å²) in [6.45, 7) is 1.89. The number of carboxylic acids is 1. The second kappa shape index (κ2) is 9.51. The molecule has 5 rings (SSSR count). The largest absolute Gasteiger partial charge is 0.477 e. The van der Waals surface area contributed by atoms with Crippen LogP contribution in [0.1, 0.15) is 52.9 Å². The first-order valence-corrected chi connectivity index (χ1v) is 12.2. The number of para-hydroxylation sites is 1. The number of benzene rings is 2. The van der Waals surface area contributed by atoms with Gasteiger partial charge in [-0.1, -0.05) is 23.7 Å². The average molecular weight is 528 g/mol. The third kappa shape index (κ3) is 4.64. The van der Waals surface area contributed by atoms with Crippen LogP contribution in [0.15, 0.2) is 41.3 Å². The van der Waals surface area contributed by atoms with E-state index in [0.29, 0.717) is 18.5 Å². The number of hydrogen-bond donors (Lipinski definition) is 2. The molecule has 1 aromatic heterocycles. The summed E-state index contributed by atoms with van der Waals surface area (Å²) in [6, 6.07) is 7.06. The van der Waals surface area contributed by atoms with Crippen LogP contribution in [0.3, 0.4) is 0 Å². The van der Waals surface area contributed by atoms with Gasteiger partial charge in [0, 0.05) is 38.3 Å². The van der Waals surface area contributed by atoms with Crippen molar-refractivity contribution < 1.29 is 28.6 Å². The van der Waals surface area contributed by atoms with Crippen LogP contribution in [0.25, 0.3) is 10.9 Å². The molecule has 2 fully saturated rings. The molecule has 1 unspecified atom stereocenters. The van der Waals surface area contributed by atoms with Gasteiger partial charge in [0.15, 0.2) is 0 Å². The Morgan fingerprint density at radius 3 is 2.57 bits per heavy atom. The Bertz CT molecular complexity index is 1520. The van der Waals surface area contributed by atoms with Crippen molar-refractivity contribution in [2.24, 2.45) is 0 Å². The minimum atomic E-state index is -1.38. The number of rotatable bonds is 6. The number of halogens is 2. The van der Waals surface area contributed by atoms with Crippen LogP contribution in [0.5, 0.6) is 5.75 Å². The molecule has 1 aliphatic heterocycles. The number of carboxylic acid groups (broad SMARTS) is 1. The van der Waals surface area contributed by atoms with Crippen LogP contribution in [-0.2, 0) is 4.79 Å². The minimum Gasteiger partial charge on any atom is -0.477 e. The maximum atomic E-state index is 15.4. The summed E-state index contributed by atoms with van der Waals surface area (Å²) in [5.41, 5.74) is -0.611. The molecule has 2 heterocycles. The van der Waals surface area contributed by atoms with Gasteiger partial charge in [-0.2, -0.15) is 0 Å². The Balaban J connectivity index is 1.44. The first-order valence-electron chi connectivity index (χ1n) is 11.8. The van der Waals surface area contributed by atoms with Gasteiger partial charge >= 0.3 is 11.9 Å². The fourth-order valence-corrected chi connectivity index (χ4v) is 5.17. The third-order valence-electron chi connectivity index (χ3n) is 6.58. The van der Waals surface area contributed by atoms with Crippen molar-refractivity contribution in [2.75, 3.05) is 18.0 Å². The van der Waals surface area contributed by atoms with Crippen LogP contribution in [-0.4, -0.2) is 46.7 Å². The molecule has 11 heteroatoms. The number of carbonyl (C=O) groups excluding carboxylic acids is 2. The Labute approximate surface area is 215 Å². The number of carbonyl (C=O) groups is 3. The number of fused-ring (bicyclic) bond motifs is 1. The van der Waals surface area contributed by atoms with Crippen molar-refractivity contribution in [2.45, 2.75) is 38.3 Å². The van der Waals surface area contributed by atoms with Gasteiger partial charge in [-0.25, -0.2) is 9.18 Å². The summed E-state index contributed by atoms with van der Waals surface area (Å²) < 4.78 is 22.1. The van der Waals surface area contributed by atoms with Gasteiger partial charge in [0.1, 0.15) is 17.1 Å². The highest BCUT2D eigenvalue weighted by Crippen LogP contribution is 2.42. The van der Waals surface area contributed by atoms with Crippen molar-refractivity contribution in [3.8, 4) is 5.75 Å². The average Bonchev–Trinajstić information content (AvgIpc) is 3.59. The summed E-state index contributed by atoms with van der Waals surface area (Å²) in [5, 5.41) is 12.3. The number of amides is 1. The molecule has 1 saturated heterocycles. The Hall–Kier alpha value is -3.92. The van der Waals surface area contributed by atoms with Crippen molar-refractivity contribution in [3.63, 3.8) is 0 Å². The number of nitrogens with zero attached hydrogens (tertiary/aromatic N) is 2. The number of nitrogens with one attached hydrogen (secondary N) is 1. The molecule has 1 saturated carbocycles. The van der Waals surface area contributed by atoms with E-state index in [1.165, 1.54) is 19.2 Å². The van der Waals surface area contributed by atoms with Gasteiger partial charge < -0.3 is 24.6 Å². The summed E-state index contributed by atoms with van der Waals surface area (Å²) in [6.07, 6.45) is 3.38. The molecule has 2 N–H and O–H groups in total. The predicted molar refractivity (Wildman–Crippen MR) is 134 cm³/mol. The minimum absolute atomic E-state index is 0.0140. The van der Waals surface area contributed by atoms with Crippen molar-refractivity contribution in [1.29, 1.82) is 0 Å². The van der Waals surface area contributed by atoms with Crippen molar-refractivity contribution >= 4 is 46.0 Å². The topological polar surface area (TPSA) is 118 Å². The quantitative estimate of drug-likeness (QED) is 0.370. The Kier molecular flexibility index (Phi) is 6.36. The highest BCUT2D eigenvalue weighted by Gasteiger charge is 2.33. The smallest absolute Gasteiger partial charge is 0.341 e. The lowest BCUT2D eigenvalue weighted by molar-refractivity contribution is -0.131. The van der Waals surface area contributed by atoms with E-state index in [1.54, 1.807) is 27.7 Å². The predicted octanol–water partition coefficient (Wildman–Crippen LogP) is 3.76. The van der Waals surface area contributed by atoms with Crippen LogP contribution in [0.4, 0.5) is 10.1 Å². The molecule has 37 heavy (non-hydrogen) atoms. The van der Waals surface area contributed by atoms with Crippen LogP contribution in [0.2, 0.25) is 5.02 Å². The molecule has 192 valence electrons. The maximum Gasteiger partial charge on any atom is 0.341 e. The van der Waals surface area contributed by atoms with Gasteiger partial charge in [-0.3, -0.25) is 14.4 Å². The van der Waals surface area contributed by atoms with Gasteiger partial charge in [0.2, 0.25) is 5.43 Å². The number of hydrogen-bond acceptors (Lipinski definition) is 6. The number of pyridine rings is 1. The third-order valence-corrected chi connectivity index (χ3v) is 6.94. The van der Waals surface area contributed by atoms with E-state index in [0.717, 1.165) is 18.9 Å². The molecule has 1 aliphatic carbocycles. The second-order valence-corrected chi connectivity index (χ2v) is 9.61. The van der Waals surface area contributed by atoms with Gasteiger partial charge in [0.25, 0.3) is 5.91 Å². The summed E-state index contributed by atoms with van der Waals surface area (Å²) in [4.78, 5) is 50.4. The zero-order chi connectivity index (χ0) is 26.4. The number of aromatic nitrogens is 1. The first-order chi connectivity index (χ1) is 17.7. The van der Waals surface area contributed by atoms with Gasteiger partial charge in [-0.15, -0.1) is 0 Å².